The molecule has 1 saturated heterocycles. The average Bonchev–Trinajstić information content (AvgIpc) is 2.60. The molecule has 0 radical (unpaired) electrons. The van der Waals surface area contributed by atoms with Crippen LogP contribution >= 0.6 is 11.6 Å². The highest BCUT2D eigenvalue weighted by atomic mass is 35.5. The molecule has 25 heavy (non-hydrogen) atoms. The lowest BCUT2D eigenvalue weighted by atomic mass is 10.1. The summed E-state index contributed by atoms with van der Waals surface area (Å²) in [7, 11) is 0. The van der Waals surface area contributed by atoms with E-state index in [1.807, 2.05) is 0 Å². The highest BCUT2D eigenvalue weighted by molar-refractivity contribution is 6.30. The van der Waals surface area contributed by atoms with Gasteiger partial charge in [-0.05, 0) is 55.8 Å². The summed E-state index contributed by atoms with van der Waals surface area (Å²) in [6.45, 7) is 4.06. The van der Waals surface area contributed by atoms with Gasteiger partial charge in [-0.25, -0.2) is 4.39 Å². The van der Waals surface area contributed by atoms with Crippen LogP contribution in [0.3, 0.4) is 0 Å². The SMILES string of the molecule is Cc1ccc(N2CCN(C(=O)c3ccc(Cl)cc3)[C@H](C)C2=O)cc1F. The van der Waals surface area contributed by atoms with Crippen LogP contribution in [0.4, 0.5) is 10.1 Å². The Morgan fingerprint density at radius 3 is 2.48 bits per heavy atom. The number of halogens is 2. The summed E-state index contributed by atoms with van der Waals surface area (Å²) in [5.41, 5.74) is 1.53. The van der Waals surface area contributed by atoms with Crippen molar-refractivity contribution in [3.8, 4) is 0 Å². The first-order chi connectivity index (χ1) is 11.9. The van der Waals surface area contributed by atoms with Gasteiger partial charge in [-0.1, -0.05) is 17.7 Å². The molecule has 1 atom stereocenters. The quantitative estimate of drug-likeness (QED) is 0.820. The second kappa shape index (κ2) is 6.84. The number of nitrogens with zero attached hydrogens (tertiary/aromatic N) is 2. The van der Waals surface area contributed by atoms with Crippen LogP contribution in [-0.2, 0) is 4.79 Å². The van der Waals surface area contributed by atoms with Crippen molar-refractivity contribution in [2.45, 2.75) is 19.9 Å². The summed E-state index contributed by atoms with van der Waals surface area (Å²) < 4.78 is 13.8. The Morgan fingerprint density at radius 2 is 1.84 bits per heavy atom. The highest BCUT2D eigenvalue weighted by Crippen LogP contribution is 2.24. The van der Waals surface area contributed by atoms with Crippen LogP contribution in [0.15, 0.2) is 42.5 Å². The van der Waals surface area contributed by atoms with E-state index in [1.54, 1.807) is 50.2 Å². The van der Waals surface area contributed by atoms with Crippen molar-refractivity contribution in [1.29, 1.82) is 0 Å². The first-order valence-corrected chi connectivity index (χ1v) is 8.40. The molecular formula is C19H18ClFN2O2. The van der Waals surface area contributed by atoms with Crippen molar-refractivity contribution in [3.63, 3.8) is 0 Å². The summed E-state index contributed by atoms with van der Waals surface area (Å²) in [4.78, 5) is 28.4. The third-order valence-corrected chi connectivity index (χ3v) is 4.73. The standard InChI is InChI=1S/C19H18ClFN2O2/c1-12-3-8-16(11-17(12)21)23-10-9-22(13(2)18(23)24)19(25)14-4-6-15(20)7-5-14/h3-8,11,13H,9-10H2,1-2H3/t13-/m1/s1. The molecule has 2 aromatic carbocycles. The fourth-order valence-corrected chi connectivity index (χ4v) is 3.04. The summed E-state index contributed by atoms with van der Waals surface area (Å²) in [5, 5.41) is 0.548. The van der Waals surface area contributed by atoms with Gasteiger partial charge in [0.25, 0.3) is 5.91 Å². The third kappa shape index (κ3) is 3.37. The molecule has 6 heteroatoms. The molecule has 2 aromatic rings. The molecule has 1 aliphatic rings. The molecule has 2 amide bonds. The van der Waals surface area contributed by atoms with Crippen molar-refractivity contribution in [2.24, 2.45) is 0 Å². The van der Waals surface area contributed by atoms with Crippen LogP contribution in [0.5, 0.6) is 0 Å². The van der Waals surface area contributed by atoms with Gasteiger partial charge in [0.05, 0.1) is 0 Å². The van der Waals surface area contributed by atoms with Gasteiger partial charge in [-0.2, -0.15) is 0 Å². The minimum Gasteiger partial charge on any atom is -0.325 e. The molecule has 0 aliphatic carbocycles. The van der Waals surface area contributed by atoms with Crippen molar-refractivity contribution < 1.29 is 14.0 Å². The van der Waals surface area contributed by atoms with Crippen LogP contribution < -0.4 is 4.90 Å². The Kier molecular flexibility index (Phi) is 4.77. The van der Waals surface area contributed by atoms with E-state index in [9.17, 15) is 14.0 Å². The molecule has 0 saturated carbocycles. The van der Waals surface area contributed by atoms with Gasteiger partial charge >= 0.3 is 0 Å². The molecule has 0 unspecified atom stereocenters. The van der Waals surface area contributed by atoms with Crippen molar-refractivity contribution in [2.75, 3.05) is 18.0 Å². The summed E-state index contributed by atoms with van der Waals surface area (Å²) in [5.74, 6) is -0.790. The number of hydrogen-bond donors (Lipinski definition) is 0. The van der Waals surface area contributed by atoms with Crippen LogP contribution in [0.1, 0.15) is 22.8 Å². The molecule has 0 bridgehead atoms. The fraction of sp³-hybridized carbons (Fsp3) is 0.263. The second-order valence-corrected chi connectivity index (χ2v) is 6.54. The number of aryl methyl sites for hydroxylation is 1. The van der Waals surface area contributed by atoms with Crippen molar-refractivity contribution in [3.05, 3.63) is 64.4 Å². The minimum atomic E-state index is -0.624. The number of hydrogen-bond acceptors (Lipinski definition) is 2. The van der Waals surface area contributed by atoms with E-state index in [1.165, 1.54) is 15.9 Å². The Morgan fingerprint density at radius 1 is 1.16 bits per heavy atom. The molecule has 1 fully saturated rings. The predicted octanol–water partition coefficient (Wildman–Crippen LogP) is 3.67. The van der Waals surface area contributed by atoms with Crippen molar-refractivity contribution in [1.82, 2.24) is 4.90 Å². The zero-order valence-corrected chi connectivity index (χ0v) is 14.8. The Hall–Kier alpha value is -2.40. The maximum Gasteiger partial charge on any atom is 0.254 e. The van der Waals surface area contributed by atoms with E-state index in [2.05, 4.69) is 0 Å². The van der Waals surface area contributed by atoms with Gasteiger partial charge in [0.1, 0.15) is 11.9 Å². The number of benzene rings is 2. The van der Waals surface area contributed by atoms with Crippen molar-refractivity contribution >= 4 is 29.1 Å². The van der Waals surface area contributed by atoms with Crippen LogP contribution in [0, 0.1) is 12.7 Å². The zero-order chi connectivity index (χ0) is 18.1. The molecule has 1 aliphatic heterocycles. The van der Waals surface area contributed by atoms with Crippen LogP contribution in [-0.4, -0.2) is 35.8 Å². The van der Waals surface area contributed by atoms with Gasteiger partial charge in [0.15, 0.2) is 0 Å². The lowest BCUT2D eigenvalue weighted by Crippen LogP contribution is -2.57. The summed E-state index contributed by atoms with van der Waals surface area (Å²) in [6.07, 6.45) is 0. The van der Waals surface area contributed by atoms with E-state index in [-0.39, 0.29) is 17.6 Å². The Labute approximate surface area is 150 Å². The third-order valence-electron chi connectivity index (χ3n) is 4.47. The van der Waals surface area contributed by atoms with E-state index in [0.717, 1.165) is 0 Å². The largest absolute Gasteiger partial charge is 0.325 e. The first kappa shape index (κ1) is 17.4. The molecule has 0 spiro atoms. The fourth-order valence-electron chi connectivity index (χ4n) is 2.91. The van der Waals surface area contributed by atoms with Gasteiger partial charge < -0.3 is 9.80 Å². The van der Waals surface area contributed by atoms with Gasteiger partial charge in [0.2, 0.25) is 5.91 Å². The maximum absolute atomic E-state index is 13.8. The lowest BCUT2D eigenvalue weighted by molar-refractivity contribution is -0.124. The monoisotopic (exact) mass is 360 g/mol. The topological polar surface area (TPSA) is 40.6 Å². The molecule has 0 N–H and O–H groups in total. The minimum absolute atomic E-state index is 0.216. The Balaban J connectivity index is 1.80. The maximum atomic E-state index is 13.8. The second-order valence-electron chi connectivity index (χ2n) is 6.10. The number of piperazine rings is 1. The predicted molar refractivity (Wildman–Crippen MR) is 95.4 cm³/mol. The molecule has 4 nitrogen and oxygen atoms in total. The molecule has 130 valence electrons. The number of amides is 2. The van der Waals surface area contributed by atoms with Gasteiger partial charge in [-0.15, -0.1) is 0 Å². The first-order valence-electron chi connectivity index (χ1n) is 8.02. The molecule has 1 heterocycles. The molecular weight excluding hydrogens is 343 g/mol. The lowest BCUT2D eigenvalue weighted by Gasteiger charge is -2.39. The van der Waals surface area contributed by atoms with Gasteiger partial charge in [-0.3, -0.25) is 9.59 Å². The smallest absolute Gasteiger partial charge is 0.254 e. The van der Waals surface area contributed by atoms with Gasteiger partial charge in [0, 0.05) is 29.4 Å². The highest BCUT2D eigenvalue weighted by Gasteiger charge is 2.35. The van der Waals surface area contributed by atoms with E-state index < -0.39 is 6.04 Å². The number of anilines is 1. The number of carbonyl (C=O) groups excluding carboxylic acids is 2. The van der Waals surface area contributed by atoms with E-state index >= 15 is 0 Å². The zero-order valence-electron chi connectivity index (χ0n) is 14.0. The Bertz CT molecular complexity index is 823. The summed E-state index contributed by atoms with van der Waals surface area (Å²) in [6, 6.07) is 10.7. The van der Waals surface area contributed by atoms with E-state index in [4.69, 9.17) is 11.6 Å². The molecule has 0 aromatic heterocycles. The summed E-state index contributed by atoms with van der Waals surface area (Å²) >= 11 is 5.85. The normalized spacial score (nSPS) is 17.8. The molecule has 3 rings (SSSR count). The number of rotatable bonds is 2. The van der Waals surface area contributed by atoms with Crippen LogP contribution in [0.2, 0.25) is 5.02 Å². The average molecular weight is 361 g/mol. The number of carbonyl (C=O) groups is 2. The van der Waals surface area contributed by atoms with E-state index in [0.29, 0.717) is 34.9 Å². The van der Waals surface area contributed by atoms with Crippen LogP contribution in [0.25, 0.3) is 0 Å².